The Hall–Kier alpha value is -3.95. The predicted molar refractivity (Wildman–Crippen MR) is 120 cm³/mol. The highest BCUT2D eigenvalue weighted by atomic mass is 32.1. The number of anilines is 1. The van der Waals surface area contributed by atoms with Crippen molar-refractivity contribution in [2.45, 2.75) is 39.2 Å². The summed E-state index contributed by atoms with van der Waals surface area (Å²) in [5.41, 5.74) is 2.17. The number of aryl methyl sites for hydroxylation is 1. The molecule has 3 aromatic heterocycles. The van der Waals surface area contributed by atoms with Crippen molar-refractivity contribution in [1.29, 1.82) is 10.5 Å². The van der Waals surface area contributed by atoms with Crippen LogP contribution < -0.4 is 5.32 Å². The molecule has 0 fully saturated rings. The molecule has 8 nitrogen and oxygen atoms in total. The molecule has 160 valence electrons. The highest BCUT2D eigenvalue weighted by Gasteiger charge is 2.33. The number of nitrogens with one attached hydrogen (secondary N) is 1. The first-order valence-electron chi connectivity index (χ1n) is 9.91. The van der Waals surface area contributed by atoms with Gasteiger partial charge in [0.25, 0.3) is 5.82 Å². The summed E-state index contributed by atoms with van der Waals surface area (Å²) in [6, 6.07) is 7.91. The molecule has 0 radical (unpaired) electrons. The van der Waals surface area contributed by atoms with Crippen LogP contribution in [-0.4, -0.2) is 20.7 Å². The lowest BCUT2D eigenvalue weighted by atomic mass is 9.77. The van der Waals surface area contributed by atoms with Gasteiger partial charge in [-0.2, -0.15) is 10.5 Å². The van der Waals surface area contributed by atoms with Crippen LogP contribution in [0.15, 0.2) is 34.5 Å². The molecule has 3 aromatic rings. The zero-order valence-corrected chi connectivity index (χ0v) is 18.7. The summed E-state index contributed by atoms with van der Waals surface area (Å²) in [5, 5.41) is 25.9. The summed E-state index contributed by atoms with van der Waals surface area (Å²) >= 11 is 1.42. The van der Waals surface area contributed by atoms with Crippen molar-refractivity contribution < 1.29 is 9.21 Å². The molecule has 1 aliphatic carbocycles. The van der Waals surface area contributed by atoms with Crippen molar-refractivity contribution in [2.75, 3.05) is 5.32 Å². The highest BCUT2D eigenvalue weighted by Crippen LogP contribution is 2.47. The molecular weight excluding hydrogens is 424 g/mol. The molecule has 1 N–H and O–H groups in total. The van der Waals surface area contributed by atoms with Crippen molar-refractivity contribution in [3.05, 3.63) is 63.5 Å². The van der Waals surface area contributed by atoms with Crippen molar-refractivity contribution in [2.24, 2.45) is 0 Å². The molecule has 0 aliphatic heterocycles. The van der Waals surface area contributed by atoms with E-state index >= 15 is 0 Å². The van der Waals surface area contributed by atoms with Gasteiger partial charge in [-0.15, -0.1) is 16.4 Å². The van der Waals surface area contributed by atoms with Crippen LogP contribution in [0.2, 0.25) is 0 Å². The second-order valence-corrected chi connectivity index (χ2v) is 9.17. The maximum absolute atomic E-state index is 12.5. The SMILES string of the molecule is Cc1ccc(/C=C/C2=Cc3c(sc(NC(=O)Cn4cnc(C#N)n4)c3C#N)C(C)(C)C2)o1. The number of hydrogen-bond donors (Lipinski definition) is 1. The Labute approximate surface area is 189 Å². The van der Waals surface area contributed by atoms with E-state index in [0.29, 0.717) is 10.6 Å². The van der Waals surface area contributed by atoms with E-state index in [1.807, 2.05) is 43.4 Å². The van der Waals surface area contributed by atoms with Crippen LogP contribution in [0.3, 0.4) is 0 Å². The summed E-state index contributed by atoms with van der Waals surface area (Å²) in [5.74, 6) is 1.28. The summed E-state index contributed by atoms with van der Waals surface area (Å²) < 4.78 is 6.89. The maximum Gasteiger partial charge on any atom is 0.252 e. The van der Waals surface area contributed by atoms with Gasteiger partial charge < -0.3 is 9.73 Å². The second-order valence-electron chi connectivity index (χ2n) is 8.15. The number of amides is 1. The highest BCUT2D eigenvalue weighted by molar-refractivity contribution is 7.17. The number of fused-ring (bicyclic) bond motifs is 1. The van der Waals surface area contributed by atoms with Gasteiger partial charge in [0.15, 0.2) is 0 Å². The molecule has 0 saturated heterocycles. The predicted octanol–water partition coefficient (Wildman–Crippen LogP) is 4.40. The number of thiophene rings is 1. The molecule has 1 amide bonds. The van der Waals surface area contributed by atoms with Gasteiger partial charge in [-0.05, 0) is 43.2 Å². The topological polar surface area (TPSA) is 121 Å². The maximum atomic E-state index is 12.5. The summed E-state index contributed by atoms with van der Waals surface area (Å²) in [6.45, 7) is 6.06. The molecule has 4 rings (SSSR count). The monoisotopic (exact) mass is 444 g/mol. The van der Waals surface area contributed by atoms with Crippen LogP contribution in [0.1, 0.15) is 53.6 Å². The van der Waals surface area contributed by atoms with E-state index in [1.165, 1.54) is 22.3 Å². The zero-order chi connectivity index (χ0) is 22.9. The molecule has 0 aromatic carbocycles. The standard InChI is InChI=1S/C23H20N6O2S/c1-14-4-6-16(31-14)7-5-15-8-17-18(10-24)22(32-21(17)23(2,3)9-15)27-20(30)12-29-13-26-19(11-25)28-29/h4-8,13H,9,12H2,1-3H3,(H,27,30)/b7-5+. The third-order valence-electron chi connectivity index (χ3n) is 5.07. The van der Waals surface area contributed by atoms with E-state index in [0.717, 1.165) is 34.0 Å². The average Bonchev–Trinajstić information content (AvgIpc) is 3.45. The first-order valence-corrected chi connectivity index (χ1v) is 10.7. The van der Waals surface area contributed by atoms with Crippen molar-refractivity contribution in [3.63, 3.8) is 0 Å². The first kappa shape index (κ1) is 21.3. The van der Waals surface area contributed by atoms with Crippen LogP contribution in [0.4, 0.5) is 5.00 Å². The minimum absolute atomic E-state index is 0.000665. The van der Waals surface area contributed by atoms with Crippen LogP contribution in [0.5, 0.6) is 0 Å². The van der Waals surface area contributed by atoms with Crippen LogP contribution in [-0.2, 0) is 16.8 Å². The molecule has 0 spiro atoms. The Morgan fingerprint density at radius 2 is 2.16 bits per heavy atom. The lowest BCUT2D eigenvalue weighted by Gasteiger charge is -2.29. The van der Waals surface area contributed by atoms with Crippen LogP contribution in [0, 0.1) is 29.6 Å². The summed E-state index contributed by atoms with van der Waals surface area (Å²) in [7, 11) is 0. The van der Waals surface area contributed by atoms with Gasteiger partial charge in [0.05, 0.1) is 5.56 Å². The molecule has 0 atom stereocenters. The third-order valence-corrected chi connectivity index (χ3v) is 6.55. The molecular formula is C23H20N6O2S. The largest absolute Gasteiger partial charge is 0.462 e. The van der Waals surface area contributed by atoms with Crippen LogP contribution in [0.25, 0.3) is 12.2 Å². The number of nitriles is 2. The number of hydrogen-bond acceptors (Lipinski definition) is 7. The van der Waals surface area contributed by atoms with E-state index in [1.54, 1.807) is 0 Å². The minimum Gasteiger partial charge on any atom is -0.462 e. The lowest BCUT2D eigenvalue weighted by molar-refractivity contribution is -0.116. The van der Waals surface area contributed by atoms with E-state index in [-0.39, 0.29) is 23.7 Å². The van der Waals surface area contributed by atoms with Gasteiger partial charge >= 0.3 is 0 Å². The van der Waals surface area contributed by atoms with E-state index in [9.17, 15) is 10.1 Å². The Morgan fingerprint density at radius 1 is 1.34 bits per heavy atom. The summed E-state index contributed by atoms with van der Waals surface area (Å²) in [4.78, 5) is 17.4. The smallest absolute Gasteiger partial charge is 0.252 e. The molecule has 0 unspecified atom stereocenters. The number of carbonyl (C=O) groups excluding carboxylic acids is 1. The Kier molecular flexibility index (Phi) is 5.52. The number of rotatable bonds is 5. The number of nitrogens with zero attached hydrogens (tertiary/aromatic N) is 5. The first-order chi connectivity index (χ1) is 15.3. The Bertz CT molecular complexity index is 1340. The van der Waals surface area contributed by atoms with Crippen molar-refractivity contribution in [3.8, 4) is 12.1 Å². The molecule has 9 heteroatoms. The molecule has 3 heterocycles. The molecule has 1 aliphatic rings. The van der Waals surface area contributed by atoms with Gasteiger partial charge in [0, 0.05) is 15.9 Å². The molecule has 32 heavy (non-hydrogen) atoms. The van der Waals surface area contributed by atoms with E-state index < -0.39 is 0 Å². The second kappa shape index (κ2) is 8.29. The van der Waals surface area contributed by atoms with Gasteiger partial charge in [-0.3, -0.25) is 4.79 Å². The lowest BCUT2D eigenvalue weighted by Crippen LogP contribution is -2.20. The average molecular weight is 445 g/mol. The number of allylic oxidation sites excluding steroid dienone is 2. The van der Waals surface area contributed by atoms with E-state index in [2.05, 4.69) is 35.3 Å². The zero-order valence-electron chi connectivity index (χ0n) is 17.8. The van der Waals surface area contributed by atoms with Gasteiger partial charge in [0.1, 0.15) is 41.5 Å². The fraction of sp³-hybridized carbons (Fsp3) is 0.261. The van der Waals surface area contributed by atoms with Crippen molar-refractivity contribution >= 4 is 34.4 Å². The quantitative estimate of drug-likeness (QED) is 0.623. The molecule has 0 bridgehead atoms. The molecule has 0 saturated carbocycles. The third kappa shape index (κ3) is 4.25. The number of furan rings is 1. The van der Waals surface area contributed by atoms with Crippen LogP contribution >= 0.6 is 11.3 Å². The van der Waals surface area contributed by atoms with Gasteiger partial charge in [0.2, 0.25) is 5.91 Å². The number of carbonyl (C=O) groups is 1. The fourth-order valence-electron chi connectivity index (χ4n) is 3.68. The van der Waals surface area contributed by atoms with Crippen molar-refractivity contribution in [1.82, 2.24) is 14.8 Å². The Morgan fingerprint density at radius 3 is 2.81 bits per heavy atom. The number of aromatic nitrogens is 3. The van der Waals surface area contributed by atoms with Gasteiger partial charge in [-0.25, -0.2) is 9.67 Å². The minimum atomic E-state index is -0.343. The van der Waals surface area contributed by atoms with E-state index in [4.69, 9.17) is 9.68 Å². The van der Waals surface area contributed by atoms with Gasteiger partial charge in [-0.1, -0.05) is 19.9 Å². The fourth-order valence-corrected chi connectivity index (χ4v) is 4.93. The normalized spacial score (nSPS) is 14.5. The summed E-state index contributed by atoms with van der Waals surface area (Å²) in [6.07, 6.45) is 8.07. The Balaban J connectivity index is 1.61.